The molecule has 126 valence electrons. The normalized spacial score (nSPS) is 11.0. The number of nitrogens with one attached hydrogen (secondary N) is 2. The van der Waals surface area contributed by atoms with Crippen LogP contribution in [0, 0.1) is 5.82 Å². The first kappa shape index (κ1) is 17.7. The minimum Gasteiger partial charge on any atom is -0.267 e. The minimum absolute atomic E-state index is 0.311. The number of aromatic nitrogens is 1. The SMILES string of the molecule is O=C(NNC(=O)c1ncc(Cl)cc1C(F)(F)F)c1ccccc1F. The Kier molecular flexibility index (Phi) is 5.03. The van der Waals surface area contributed by atoms with Gasteiger partial charge in [0.15, 0.2) is 0 Å². The van der Waals surface area contributed by atoms with Crippen molar-refractivity contribution in [2.45, 2.75) is 6.18 Å². The Bertz CT molecular complexity index is 796. The quantitative estimate of drug-likeness (QED) is 0.638. The lowest BCUT2D eigenvalue weighted by Gasteiger charge is -2.13. The van der Waals surface area contributed by atoms with Crippen LogP contribution in [0.2, 0.25) is 5.02 Å². The van der Waals surface area contributed by atoms with Gasteiger partial charge in [0.05, 0.1) is 16.1 Å². The van der Waals surface area contributed by atoms with Gasteiger partial charge in [-0.3, -0.25) is 20.4 Å². The van der Waals surface area contributed by atoms with Crippen LogP contribution >= 0.6 is 11.6 Å². The first-order valence-corrected chi connectivity index (χ1v) is 6.66. The number of halogens is 5. The van der Waals surface area contributed by atoms with Gasteiger partial charge in [0.25, 0.3) is 11.8 Å². The van der Waals surface area contributed by atoms with Crippen LogP contribution in [-0.4, -0.2) is 16.8 Å². The molecular formula is C14H8ClF4N3O2. The van der Waals surface area contributed by atoms with Crippen molar-refractivity contribution in [3.63, 3.8) is 0 Å². The summed E-state index contributed by atoms with van der Waals surface area (Å²) in [5.41, 5.74) is 0.814. The van der Waals surface area contributed by atoms with Crippen molar-refractivity contribution in [1.29, 1.82) is 0 Å². The van der Waals surface area contributed by atoms with Gasteiger partial charge < -0.3 is 0 Å². The smallest absolute Gasteiger partial charge is 0.267 e. The molecule has 2 amide bonds. The van der Waals surface area contributed by atoms with Gasteiger partial charge in [0.1, 0.15) is 11.5 Å². The highest BCUT2D eigenvalue weighted by Gasteiger charge is 2.36. The van der Waals surface area contributed by atoms with E-state index in [4.69, 9.17) is 11.6 Å². The summed E-state index contributed by atoms with van der Waals surface area (Å²) in [7, 11) is 0. The summed E-state index contributed by atoms with van der Waals surface area (Å²) >= 11 is 5.45. The van der Waals surface area contributed by atoms with Gasteiger partial charge in [-0.05, 0) is 18.2 Å². The molecule has 0 bridgehead atoms. The number of pyridine rings is 1. The fourth-order valence-electron chi connectivity index (χ4n) is 1.72. The highest BCUT2D eigenvalue weighted by atomic mass is 35.5. The Balaban J connectivity index is 2.17. The van der Waals surface area contributed by atoms with Crippen molar-refractivity contribution in [3.8, 4) is 0 Å². The third kappa shape index (κ3) is 3.99. The number of hydrazine groups is 1. The molecule has 0 radical (unpaired) electrons. The second-order valence-corrected chi connectivity index (χ2v) is 4.87. The first-order valence-electron chi connectivity index (χ1n) is 6.28. The summed E-state index contributed by atoms with van der Waals surface area (Å²) in [5, 5.41) is -0.311. The number of carbonyl (C=O) groups is 2. The molecule has 1 aromatic carbocycles. The molecule has 0 aliphatic rings. The predicted molar refractivity (Wildman–Crippen MR) is 75.6 cm³/mol. The molecule has 2 N–H and O–H groups in total. The molecule has 2 rings (SSSR count). The third-order valence-electron chi connectivity index (χ3n) is 2.78. The van der Waals surface area contributed by atoms with Crippen molar-refractivity contribution < 1.29 is 27.2 Å². The van der Waals surface area contributed by atoms with Gasteiger partial charge in [0, 0.05) is 6.20 Å². The predicted octanol–water partition coefficient (Wildman–Crippen LogP) is 2.97. The lowest BCUT2D eigenvalue weighted by Crippen LogP contribution is -2.43. The van der Waals surface area contributed by atoms with Gasteiger partial charge in [-0.25, -0.2) is 9.37 Å². The Morgan fingerprint density at radius 2 is 1.71 bits per heavy atom. The zero-order valence-corrected chi connectivity index (χ0v) is 12.4. The molecule has 0 aliphatic heterocycles. The molecule has 0 spiro atoms. The van der Waals surface area contributed by atoms with E-state index in [9.17, 15) is 27.2 Å². The van der Waals surface area contributed by atoms with Crippen molar-refractivity contribution in [2.24, 2.45) is 0 Å². The second kappa shape index (κ2) is 6.83. The van der Waals surface area contributed by atoms with Gasteiger partial charge in [0.2, 0.25) is 0 Å². The molecule has 5 nitrogen and oxygen atoms in total. The third-order valence-corrected chi connectivity index (χ3v) is 2.99. The molecule has 0 saturated carbocycles. The summed E-state index contributed by atoms with van der Waals surface area (Å²) in [6.45, 7) is 0. The summed E-state index contributed by atoms with van der Waals surface area (Å²) in [6, 6.07) is 5.40. The van der Waals surface area contributed by atoms with Crippen LogP contribution in [-0.2, 0) is 6.18 Å². The van der Waals surface area contributed by atoms with E-state index in [0.717, 1.165) is 18.3 Å². The molecule has 0 unspecified atom stereocenters. The number of hydrogen-bond donors (Lipinski definition) is 2. The number of nitrogens with zero attached hydrogens (tertiary/aromatic N) is 1. The Labute approximate surface area is 137 Å². The fourth-order valence-corrected chi connectivity index (χ4v) is 1.88. The molecule has 1 heterocycles. The zero-order chi connectivity index (χ0) is 17.9. The van der Waals surface area contributed by atoms with Crippen molar-refractivity contribution >= 4 is 23.4 Å². The molecule has 1 aromatic heterocycles. The highest BCUT2D eigenvalue weighted by Crippen LogP contribution is 2.32. The van der Waals surface area contributed by atoms with E-state index in [2.05, 4.69) is 4.98 Å². The van der Waals surface area contributed by atoms with Gasteiger partial charge in [-0.15, -0.1) is 0 Å². The summed E-state index contributed by atoms with van der Waals surface area (Å²) in [4.78, 5) is 26.9. The van der Waals surface area contributed by atoms with Gasteiger partial charge in [-0.2, -0.15) is 13.2 Å². The Hall–Kier alpha value is -2.68. The highest BCUT2D eigenvalue weighted by molar-refractivity contribution is 6.30. The standard InChI is InChI=1S/C14H8ClF4N3O2/c15-7-5-9(14(17,18)19)11(20-6-7)13(24)22-21-12(23)8-3-1-2-4-10(8)16/h1-6H,(H,21,23)(H,22,24). The zero-order valence-electron chi connectivity index (χ0n) is 11.6. The summed E-state index contributed by atoms with van der Waals surface area (Å²) in [5.74, 6) is -3.22. The van der Waals surface area contributed by atoms with Crippen molar-refractivity contribution in [3.05, 3.63) is 64.2 Å². The molecule has 2 aromatic rings. The fraction of sp³-hybridized carbons (Fsp3) is 0.0714. The van der Waals surface area contributed by atoms with Crippen LogP contribution < -0.4 is 10.9 Å². The summed E-state index contributed by atoms with van der Waals surface area (Å²) < 4.78 is 52.1. The molecular weight excluding hydrogens is 354 g/mol. The first-order chi connectivity index (χ1) is 11.2. The van der Waals surface area contributed by atoms with E-state index < -0.39 is 40.6 Å². The number of carbonyl (C=O) groups excluding carboxylic acids is 2. The maximum atomic E-state index is 13.4. The number of rotatable bonds is 2. The van der Waals surface area contributed by atoms with Gasteiger partial charge >= 0.3 is 6.18 Å². The number of hydrogen-bond acceptors (Lipinski definition) is 3. The van der Waals surface area contributed by atoms with E-state index in [1.54, 1.807) is 5.43 Å². The second-order valence-electron chi connectivity index (χ2n) is 4.44. The lowest BCUT2D eigenvalue weighted by atomic mass is 10.2. The van der Waals surface area contributed by atoms with Crippen LogP contribution in [0.1, 0.15) is 26.4 Å². The van der Waals surface area contributed by atoms with Gasteiger partial charge in [-0.1, -0.05) is 23.7 Å². The Morgan fingerprint density at radius 3 is 2.33 bits per heavy atom. The number of benzene rings is 1. The monoisotopic (exact) mass is 361 g/mol. The molecule has 0 atom stereocenters. The average Bonchev–Trinajstić information content (AvgIpc) is 2.51. The number of amides is 2. The van der Waals surface area contributed by atoms with E-state index in [-0.39, 0.29) is 5.02 Å². The van der Waals surface area contributed by atoms with E-state index >= 15 is 0 Å². The molecule has 0 saturated heterocycles. The summed E-state index contributed by atoms with van der Waals surface area (Å²) in [6.07, 6.45) is -4.02. The van der Waals surface area contributed by atoms with Crippen molar-refractivity contribution in [2.75, 3.05) is 0 Å². The van der Waals surface area contributed by atoms with Crippen LogP contribution in [0.3, 0.4) is 0 Å². The maximum absolute atomic E-state index is 13.4. The molecule has 0 fully saturated rings. The van der Waals surface area contributed by atoms with E-state index in [1.807, 2.05) is 5.43 Å². The topological polar surface area (TPSA) is 71.1 Å². The van der Waals surface area contributed by atoms with Crippen LogP contribution in [0.4, 0.5) is 17.6 Å². The minimum atomic E-state index is -4.87. The lowest BCUT2D eigenvalue weighted by molar-refractivity contribution is -0.138. The molecule has 0 aliphatic carbocycles. The van der Waals surface area contributed by atoms with Crippen LogP contribution in [0.15, 0.2) is 36.5 Å². The van der Waals surface area contributed by atoms with E-state index in [1.165, 1.54) is 12.1 Å². The van der Waals surface area contributed by atoms with E-state index in [0.29, 0.717) is 6.07 Å². The average molecular weight is 362 g/mol. The molecule has 10 heteroatoms. The Morgan fingerprint density at radius 1 is 1.08 bits per heavy atom. The number of alkyl halides is 3. The molecule has 24 heavy (non-hydrogen) atoms. The van der Waals surface area contributed by atoms with Crippen molar-refractivity contribution in [1.82, 2.24) is 15.8 Å². The maximum Gasteiger partial charge on any atom is 0.418 e. The van der Waals surface area contributed by atoms with Crippen LogP contribution in [0.25, 0.3) is 0 Å². The largest absolute Gasteiger partial charge is 0.418 e. The van der Waals surface area contributed by atoms with Crippen LogP contribution in [0.5, 0.6) is 0 Å².